The number of aromatic nitrogens is 3. The number of benzene rings is 2. The minimum atomic E-state index is -0.0455. The lowest BCUT2D eigenvalue weighted by Gasteiger charge is -2.12. The zero-order chi connectivity index (χ0) is 19.1. The Hall–Kier alpha value is -3.35. The van der Waals surface area contributed by atoms with Crippen molar-refractivity contribution in [2.75, 3.05) is 19.5 Å². The van der Waals surface area contributed by atoms with Crippen molar-refractivity contribution in [2.24, 2.45) is 0 Å². The van der Waals surface area contributed by atoms with Crippen LogP contribution in [0.5, 0.6) is 11.5 Å². The fraction of sp³-hybridized carbons (Fsp3) is 0.250. The summed E-state index contributed by atoms with van der Waals surface area (Å²) >= 11 is 0. The molecule has 140 valence electrons. The second-order valence-corrected chi connectivity index (χ2v) is 5.99. The van der Waals surface area contributed by atoms with Gasteiger partial charge in [0.15, 0.2) is 11.5 Å². The predicted octanol–water partition coefficient (Wildman–Crippen LogP) is 2.91. The number of ether oxygens (including phenoxy) is 2. The lowest BCUT2D eigenvalue weighted by atomic mass is 10.1. The van der Waals surface area contributed by atoms with E-state index >= 15 is 0 Å². The fourth-order valence-corrected chi connectivity index (χ4v) is 2.78. The van der Waals surface area contributed by atoms with Crippen LogP contribution in [-0.4, -0.2) is 34.9 Å². The summed E-state index contributed by atoms with van der Waals surface area (Å²) in [6.07, 6.45) is 4.12. The van der Waals surface area contributed by atoms with Crippen molar-refractivity contribution in [2.45, 2.75) is 19.4 Å². The average molecular weight is 366 g/mol. The smallest absolute Gasteiger partial charge is 0.224 e. The van der Waals surface area contributed by atoms with E-state index in [-0.39, 0.29) is 5.91 Å². The van der Waals surface area contributed by atoms with Gasteiger partial charge in [0, 0.05) is 12.1 Å². The first kappa shape index (κ1) is 18.4. The van der Waals surface area contributed by atoms with Gasteiger partial charge in [-0.05, 0) is 35.7 Å². The number of anilines is 1. The third-order valence-corrected chi connectivity index (χ3v) is 4.18. The molecule has 0 bridgehead atoms. The average Bonchev–Trinajstić information content (AvgIpc) is 3.20. The Bertz CT molecular complexity index is 894. The van der Waals surface area contributed by atoms with E-state index in [0.29, 0.717) is 30.9 Å². The Balaban J connectivity index is 1.61. The van der Waals surface area contributed by atoms with Crippen LogP contribution in [0.25, 0.3) is 0 Å². The Labute approximate surface area is 158 Å². The molecule has 3 aromatic rings. The molecule has 7 nitrogen and oxygen atoms in total. The molecule has 7 heteroatoms. The van der Waals surface area contributed by atoms with Crippen molar-refractivity contribution >= 4 is 11.6 Å². The summed E-state index contributed by atoms with van der Waals surface area (Å²) in [7, 11) is 3.20. The number of hydrogen-bond donors (Lipinski definition) is 1. The molecule has 27 heavy (non-hydrogen) atoms. The minimum Gasteiger partial charge on any atom is -0.493 e. The van der Waals surface area contributed by atoms with E-state index in [1.54, 1.807) is 25.2 Å². The molecular formula is C20H22N4O3. The van der Waals surface area contributed by atoms with Crippen LogP contribution >= 0.6 is 0 Å². The van der Waals surface area contributed by atoms with Crippen LogP contribution in [0.4, 0.5) is 5.69 Å². The SMILES string of the molecule is COc1ccc(CCC(=O)Nc2ccccc2Cn2cncn2)cc1OC. The molecule has 0 radical (unpaired) electrons. The van der Waals surface area contributed by atoms with Gasteiger partial charge in [0.05, 0.1) is 20.8 Å². The molecule has 1 amide bonds. The lowest BCUT2D eigenvalue weighted by molar-refractivity contribution is -0.116. The Morgan fingerprint density at radius 1 is 1.11 bits per heavy atom. The van der Waals surface area contributed by atoms with E-state index in [0.717, 1.165) is 16.8 Å². The quantitative estimate of drug-likeness (QED) is 0.663. The largest absolute Gasteiger partial charge is 0.493 e. The summed E-state index contributed by atoms with van der Waals surface area (Å²) < 4.78 is 12.3. The minimum absolute atomic E-state index is 0.0455. The topological polar surface area (TPSA) is 78.3 Å². The standard InChI is InChI=1S/C20H22N4O3/c1-26-18-9-7-15(11-19(18)27-2)8-10-20(25)23-17-6-4-3-5-16(17)12-24-14-21-13-22-24/h3-7,9,11,13-14H,8,10,12H2,1-2H3,(H,23,25). The third kappa shape index (κ3) is 4.84. The van der Waals surface area contributed by atoms with E-state index in [2.05, 4.69) is 15.4 Å². The first-order valence-electron chi connectivity index (χ1n) is 8.60. The van der Waals surface area contributed by atoms with Gasteiger partial charge in [-0.2, -0.15) is 5.10 Å². The number of rotatable bonds is 8. The highest BCUT2D eigenvalue weighted by Gasteiger charge is 2.09. The van der Waals surface area contributed by atoms with Gasteiger partial charge in [-0.3, -0.25) is 4.79 Å². The molecule has 1 N–H and O–H groups in total. The van der Waals surface area contributed by atoms with E-state index in [1.807, 2.05) is 42.5 Å². The molecule has 3 rings (SSSR count). The Kier molecular flexibility index (Phi) is 6.04. The van der Waals surface area contributed by atoms with E-state index < -0.39 is 0 Å². The molecule has 0 spiro atoms. The monoisotopic (exact) mass is 366 g/mol. The van der Waals surface area contributed by atoms with Crippen molar-refractivity contribution in [3.8, 4) is 11.5 Å². The molecule has 0 saturated carbocycles. The highest BCUT2D eigenvalue weighted by Crippen LogP contribution is 2.28. The maximum Gasteiger partial charge on any atom is 0.224 e. The van der Waals surface area contributed by atoms with Crippen LogP contribution in [0.3, 0.4) is 0 Å². The second-order valence-electron chi connectivity index (χ2n) is 5.99. The molecule has 0 unspecified atom stereocenters. The number of amides is 1. The molecule has 1 heterocycles. The van der Waals surface area contributed by atoms with Crippen LogP contribution in [0.1, 0.15) is 17.5 Å². The van der Waals surface area contributed by atoms with Crippen molar-refractivity contribution in [3.05, 3.63) is 66.2 Å². The summed E-state index contributed by atoms with van der Waals surface area (Å²) in [6, 6.07) is 13.4. The highest BCUT2D eigenvalue weighted by atomic mass is 16.5. The zero-order valence-corrected chi connectivity index (χ0v) is 15.4. The van der Waals surface area contributed by atoms with Gasteiger partial charge in [0.25, 0.3) is 0 Å². The molecule has 0 aliphatic heterocycles. The maximum atomic E-state index is 12.4. The van der Waals surface area contributed by atoms with Gasteiger partial charge in [0.1, 0.15) is 12.7 Å². The molecule has 0 fully saturated rings. The van der Waals surface area contributed by atoms with Gasteiger partial charge in [-0.25, -0.2) is 9.67 Å². The van der Waals surface area contributed by atoms with Gasteiger partial charge < -0.3 is 14.8 Å². The van der Waals surface area contributed by atoms with Crippen LogP contribution in [-0.2, 0) is 17.8 Å². The van der Waals surface area contributed by atoms with Gasteiger partial charge >= 0.3 is 0 Å². The third-order valence-electron chi connectivity index (χ3n) is 4.18. The summed E-state index contributed by atoms with van der Waals surface area (Å²) in [5, 5.41) is 7.10. The predicted molar refractivity (Wildman–Crippen MR) is 102 cm³/mol. The molecule has 0 atom stereocenters. The number of nitrogens with one attached hydrogen (secondary N) is 1. The summed E-state index contributed by atoms with van der Waals surface area (Å²) in [6.45, 7) is 0.548. The fourth-order valence-electron chi connectivity index (χ4n) is 2.78. The van der Waals surface area contributed by atoms with Crippen LogP contribution < -0.4 is 14.8 Å². The number of carbonyl (C=O) groups is 1. The Morgan fingerprint density at radius 2 is 1.93 bits per heavy atom. The van der Waals surface area contributed by atoms with Crippen molar-refractivity contribution in [1.29, 1.82) is 0 Å². The summed E-state index contributed by atoms with van der Waals surface area (Å²) in [5.41, 5.74) is 2.77. The molecular weight excluding hydrogens is 344 g/mol. The summed E-state index contributed by atoms with van der Waals surface area (Å²) in [5.74, 6) is 1.29. The number of methoxy groups -OCH3 is 2. The molecule has 1 aromatic heterocycles. The first-order valence-corrected chi connectivity index (χ1v) is 8.60. The number of aryl methyl sites for hydroxylation is 1. The normalized spacial score (nSPS) is 10.4. The molecule has 0 aliphatic rings. The number of hydrogen-bond acceptors (Lipinski definition) is 5. The van der Waals surface area contributed by atoms with Gasteiger partial charge in [0.2, 0.25) is 5.91 Å². The van der Waals surface area contributed by atoms with Crippen molar-refractivity contribution < 1.29 is 14.3 Å². The van der Waals surface area contributed by atoms with E-state index in [4.69, 9.17) is 9.47 Å². The highest BCUT2D eigenvalue weighted by molar-refractivity contribution is 5.91. The molecule has 0 aliphatic carbocycles. The lowest BCUT2D eigenvalue weighted by Crippen LogP contribution is -2.14. The van der Waals surface area contributed by atoms with Crippen LogP contribution in [0.15, 0.2) is 55.1 Å². The van der Waals surface area contributed by atoms with Crippen molar-refractivity contribution in [3.63, 3.8) is 0 Å². The summed E-state index contributed by atoms with van der Waals surface area (Å²) in [4.78, 5) is 16.4. The Morgan fingerprint density at radius 3 is 2.67 bits per heavy atom. The van der Waals surface area contributed by atoms with E-state index in [1.165, 1.54) is 6.33 Å². The number of para-hydroxylation sites is 1. The molecule has 2 aromatic carbocycles. The van der Waals surface area contributed by atoms with Gasteiger partial charge in [-0.1, -0.05) is 24.3 Å². The number of carbonyl (C=O) groups excluding carboxylic acids is 1. The zero-order valence-electron chi connectivity index (χ0n) is 15.4. The maximum absolute atomic E-state index is 12.4. The van der Waals surface area contributed by atoms with Crippen LogP contribution in [0.2, 0.25) is 0 Å². The van der Waals surface area contributed by atoms with Gasteiger partial charge in [-0.15, -0.1) is 0 Å². The van der Waals surface area contributed by atoms with Crippen molar-refractivity contribution in [1.82, 2.24) is 14.8 Å². The number of nitrogens with zero attached hydrogens (tertiary/aromatic N) is 3. The first-order chi connectivity index (χ1) is 13.2. The molecule has 0 saturated heterocycles. The second kappa shape index (κ2) is 8.84. The van der Waals surface area contributed by atoms with Crippen LogP contribution in [0, 0.1) is 0 Å². The van der Waals surface area contributed by atoms with E-state index in [9.17, 15) is 4.79 Å².